The molecule has 4 heterocycles. The molecule has 1 aliphatic rings. The van der Waals surface area contributed by atoms with Gasteiger partial charge in [0.25, 0.3) is 0 Å². The molecule has 0 aliphatic carbocycles. The summed E-state index contributed by atoms with van der Waals surface area (Å²) < 4.78 is 4.25. The van der Waals surface area contributed by atoms with Crippen LogP contribution in [0.4, 0.5) is 5.69 Å². The molecule has 2 aromatic carbocycles. The molecule has 0 amide bonds. The Morgan fingerprint density at radius 1 is 0.818 bits per heavy atom. The summed E-state index contributed by atoms with van der Waals surface area (Å²) in [5, 5.41) is 12.4. The molecule has 6 rings (SSSR count). The number of aromatic nitrogens is 6. The number of nitrogens with zero attached hydrogens (tertiary/aromatic N) is 6. The molecule has 7 nitrogen and oxygen atoms in total. The van der Waals surface area contributed by atoms with Crippen LogP contribution in [-0.4, -0.2) is 29.3 Å². The first-order valence-corrected chi connectivity index (χ1v) is 10.9. The van der Waals surface area contributed by atoms with Gasteiger partial charge in [-0.15, -0.1) is 10.2 Å². The minimum Gasteiger partial charge on any atom is -0.353 e. The molecule has 162 valence electrons. The minimum absolute atomic E-state index is 0.810. The van der Waals surface area contributed by atoms with Gasteiger partial charge in [-0.3, -0.25) is 14.1 Å². The molecule has 0 bridgehead atoms. The molecule has 0 atom stereocenters. The summed E-state index contributed by atoms with van der Waals surface area (Å²) in [6.07, 6.45) is 5.66. The van der Waals surface area contributed by atoms with Gasteiger partial charge < -0.3 is 5.32 Å². The van der Waals surface area contributed by atoms with Crippen LogP contribution in [0.1, 0.15) is 34.2 Å². The lowest BCUT2D eigenvalue weighted by molar-refractivity contribution is 0.965. The third kappa shape index (κ3) is 3.04. The molecule has 1 aliphatic heterocycles. The van der Waals surface area contributed by atoms with Crippen LogP contribution < -0.4 is 5.32 Å². The standard InChI is InChI=1S/C26H23N7/c1-15-11-22-25(12-16(15)2)33-18(4)30-31-26(33)13-21(29-22)19-5-7-20(8-6-19)32-17(3)28-23-14-27-10-9-24(23)32/h5-14,29H,1-4H3. The Labute approximate surface area is 191 Å². The minimum atomic E-state index is 0.810. The summed E-state index contributed by atoms with van der Waals surface area (Å²) in [5.74, 6) is 2.60. The molecule has 7 heteroatoms. The largest absolute Gasteiger partial charge is 0.353 e. The van der Waals surface area contributed by atoms with Crippen LogP contribution in [0.25, 0.3) is 34.2 Å². The van der Waals surface area contributed by atoms with Crippen molar-refractivity contribution in [2.24, 2.45) is 0 Å². The number of benzene rings is 2. The maximum atomic E-state index is 4.64. The second-order valence-electron chi connectivity index (χ2n) is 8.48. The van der Waals surface area contributed by atoms with Gasteiger partial charge in [0.2, 0.25) is 0 Å². The van der Waals surface area contributed by atoms with Crippen LogP contribution >= 0.6 is 0 Å². The van der Waals surface area contributed by atoms with E-state index in [0.29, 0.717) is 0 Å². The molecule has 0 saturated heterocycles. The Hall–Kier alpha value is -4.26. The highest BCUT2D eigenvalue weighted by molar-refractivity contribution is 5.92. The summed E-state index contributed by atoms with van der Waals surface area (Å²) in [5.41, 5.74) is 9.63. The van der Waals surface area contributed by atoms with Crippen molar-refractivity contribution in [2.75, 3.05) is 5.32 Å². The summed E-state index contributed by atoms with van der Waals surface area (Å²) >= 11 is 0. The van der Waals surface area contributed by atoms with Crippen molar-refractivity contribution >= 4 is 28.5 Å². The lowest BCUT2D eigenvalue weighted by atomic mass is 10.1. The molecule has 0 saturated carbocycles. The van der Waals surface area contributed by atoms with Gasteiger partial charge in [-0.25, -0.2) is 4.98 Å². The zero-order valence-electron chi connectivity index (χ0n) is 19.0. The van der Waals surface area contributed by atoms with Gasteiger partial charge in [0.05, 0.1) is 23.1 Å². The van der Waals surface area contributed by atoms with E-state index in [-0.39, 0.29) is 0 Å². The second kappa shape index (κ2) is 7.13. The fraction of sp³-hybridized carbons (Fsp3) is 0.154. The predicted octanol–water partition coefficient (Wildman–Crippen LogP) is 5.16. The van der Waals surface area contributed by atoms with Gasteiger partial charge in [-0.05, 0) is 74.7 Å². The van der Waals surface area contributed by atoms with E-state index in [4.69, 9.17) is 0 Å². The first-order valence-electron chi connectivity index (χ1n) is 10.9. The van der Waals surface area contributed by atoms with E-state index >= 15 is 0 Å². The van der Waals surface area contributed by atoms with Gasteiger partial charge in [-0.1, -0.05) is 12.1 Å². The Bertz CT molecular complexity index is 1570. The number of imidazole rings is 1. The van der Waals surface area contributed by atoms with Crippen LogP contribution in [0, 0.1) is 27.7 Å². The van der Waals surface area contributed by atoms with E-state index in [1.165, 1.54) is 11.1 Å². The fourth-order valence-corrected chi connectivity index (χ4v) is 4.49. The molecule has 0 radical (unpaired) electrons. The molecule has 0 unspecified atom stereocenters. The zero-order valence-corrected chi connectivity index (χ0v) is 19.0. The molecule has 33 heavy (non-hydrogen) atoms. The topological polar surface area (TPSA) is 73.5 Å². The Kier molecular flexibility index (Phi) is 4.20. The van der Waals surface area contributed by atoms with Crippen LogP contribution in [0.15, 0.2) is 54.9 Å². The van der Waals surface area contributed by atoms with E-state index < -0.39 is 0 Å². The van der Waals surface area contributed by atoms with Gasteiger partial charge in [0, 0.05) is 23.7 Å². The predicted molar refractivity (Wildman–Crippen MR) is 131 cm³/mol. The van der Waals surface area contributed by atoms with E-state index in [1.807, 2.05) is 19.9 Å². The SMILES string of the molecule is Cc1cc2c(cc1C)-n1c(C)nnc1C=C(c1ccc(-n3c(C)nc4cnccc43)cc1)N2. The third-order valence-corrected chi connectivity index (χ3v) is 6.31. The van der Waals surface area contributed by atoms with Crippen LogP contribution in [0.3, 0.4) is 0 Å². The summed E-state index contributed by atoms with van der Waals surface area (Å²) in [7, 11) is 0. The van der Waals surface area contributed by atoms with Crippen molar-refractivity contribution in [3.8, 4) is 11.4 Å². The Morgan fingerprint density at radius 3 is 2.42 bits per heavy atom. The zero-order chi connectivity index (χ0) is 22.7. The van der Waals surface area contributed by atoms with E-state index in [9.17, 15) is 0 Å². The number of fused-ring (bicyclic) bond motifs is 4. The lowest BCUT2D eigenvalue weighted by Gasteiger charge is -2.16. The fourth-order valence-electron chi connectivity index (χ4n) is 4.49. The molecule has 0 fully saturated rings. The summed E-state index contributed by atoms with van der Waals surface area (Å²) in [6, 6.07) is 14.9. The van der Waals surface area contributed by atoms with Crippen molar-refractivity contribution < 1.29 is 0 Å². The number of anilines is 1. The Morgan fingerprint density at radius 2 is 1.61 bits per heavy atom. The van der Waals surface area contributed by atoms with E-state index in [1.54, 1.807) is 12.4 Å². The highest BCUT2D eigenvalue weighted by atomic mass is 15.3. The van der Waals surface area contributed by atoms with Gasteiger partial charge in [-0.2, -0.15) is 0 Å². The number of hydrogen-bond acceptors (Lipinski definition) is 5. The molecular formula is C26H23N7. The van der Waals surface area contributed by atoms with Gasteiger partial charge in [0.15, 0.2) is 5.82 Å². The lowest BCUT2D eigenvalue weighted by Crippen LogP contribution is -2.04. The second-order valence-corrected chi connectivity index (χ2v) is 8.48. The normalized spacial score (nSPS) is 12.7. The molecule has 3 aromatic heterocycles. The smallest absolute Gasteiger partial charge is 0.163 e. The van der Waals surface area contributed by atoms with Crippen molar-refractivity contribution in [1.82, 2.24) is 29.3 Å². The monoisotopic (exact) mass is 433 g/mol. The van der Waals surface area contributed by atoms with Gasteiger partial charge >= 0.3 is 0 Å². The van der Waals surface area contributed by atoms with Crippen LogP contribution in [0.5, 0.6) is 0 Å². The van der Waals surface area contributed by atoms with Crippen molar-refractivity contribution in [1.29, 1.82) is 0 Å². The third-order valence-electron chi connectivity index (χ3n) is 6.31. The average molecular weight is 434 g/mol. The van der Waals surface area contributed by atoms with Crippen LogP contribution in [-0.2, 0) is 0 Å². The summed E-state index contributed by atoms with van der Waals surface area (Å²) in [4.78, 5) is 8.83. The van der Waals surface area contributed by atoms with Crippen molar-refractivity contribution in [3.05, 3.63) is 89.0 Å². The van der Waals surface area contributed by atoms with Crippen molar-refractivity contribution in [2.45, 2.75) is 27.7 Å². The maximum Gasteiger partial charge on any atom is 0.163 e. The van der Waals surface area contributed by atoms with E-state index in [2.05, 4.69) is 90.9 Å². The average Bonchev–Trinajstić information content (AvgIpc) is 3.29. The number of nitrogens with one attached hydrogen (secondary N) is 1. The first kappa shape index (κ1) is 19.4. The van der Waals surface area contributed by atoms with E-state index in [0.717, 1.165) is 56.8 Å². The number of pyridine rings is 1. The molecule has 0 spiro atoms. The number of rotatable bonds is 2. The van der Waals surface area contributed by atoms with Gasteiger partial charge in [0.1, 0.15) is 17.2 Å². The highest BCUT2D eigenvalue weighted by Crippen LogP contribution is 2.34. The first-order chi connectivity index (χ1) is 16.0. The Balaban J connectivity index is 1.45. The molecular weight excluding hydrogens is 410 g/mol. The van der Waals surface area contributed by atoms with Crippen molar-refractivity contribution in [3.63, 3.8) is 0 Å². The molecule has 5 aromatic rings. The molecule has 1 N–H and O–H groups in total. The quantitative estimate of drug-likeness (QED) is 0.416. The number of hydrogen-bond donors (Lipinski definition) is 1. The number of aryl methyl sites for hydroxylation is 4. The maximum absolute atomic E-state index is 4.64. The highest BCUT2D eigenvalue weighted by Gasteiger charge is 2.20. The van der Waals surface area contributed by atoms with Crippen LogP contribution in [0.2, 0.25) is 0 Å². The summed E-state index contributed by atoms with van der Waals surface area (Å²) in [6.45, 7) is 8.26.